The minimum absolute atomic E-state index is 0.488. The average Bonchev–Trinajstić information content (AvgIpc) is 1.60. The molecule has 0 atom stereocenters. The standard InChI is InChI=1S/C4H9NO4S/c1-3(2)4(6)9-10(5,7)8/h3H,1-2H3,(H2,5,7,8). The van der Waals surface area contributed by atoms with Gasteiger partial charge in [-0.2, -0.15) is 13.6 Å². The molecule has 6 heteroatoms. The van der Waals surface area contributed by atoms with Gasteiger partial charge >= 0.3 is 16.3 Å². The van der Waals surface area contributed by atoms with Crippen LogP contribution in [0.2, 0.25) is 0 Å². The lowest BCUT2D eigenvalue weighted by molar-refractivity contribution is -0.137. The van der Waals surface area contributed by atoms with Crippen molar-refractivity contribution in [2.45, 2.75) is 13.8 Å². The Labute approximate surface area is 59.4 Å². The van der Waals surface area contributed by atoms with E-state index < -0.39 is 22.2 Å². The summed E-state index contributed by atoms with van der Waals surface area (Å²) in [6.07, 6.45) is 0. The van der Waals surface area contributed by atoms with Crippen LogP contribution in [-0.2, 0) is 19.3 Å². The Morgan fingerprint density at radius 3 is 2.00 bits per heavy atom. The monoisotopic (exact) mass is 167 g/mol. The lowest BCUT2D eigenvalue weighted by Gasteiger charge is -2.01. The second-order valence-electron chi connectivity index (χ2n) is 2.05. The van der Waals surface area contributed by atoms with Gasteiger partial charge in [0.15, 0.2) is 0 Å². The summed E-state index contributed by atoms with van der Waals surface area (Å²) in [5.41, 5.74) is 0. The minimum atomic E-state index is -4.12. The topological polar surface area (TPSA) is 86.5 Å². The van der Waals surface area contributed by atoms with Crippen LogP contribution in [0.3, 0.4) is 0 Å². The predicted molar refractivity (Wildman–Crippen MR) is 34.0 cm³/mol. The third-order valence-electron chi connectivity index (χ3n) is 0.670. The zero-order chi connectivity index (χ0) is 8.36. The summed E-state index contributed by atoms with van der Waals surface area (Å²) in [4.78, 5) is 10.5. The van der Waals surface area contributed by atoms with Crippen molar-refractivity contribution in [3.05, 3.63) is 0 Å². The number of carbonyl (C=O) groups excluding carboxylic acids is 1. The van der Waals surface area contributed by atoms with E-state index in [-0.39, 0.29) is 0 Å². The Morgan fingerprint density at radius 1 is 1.50 bits per heavy atom. The van der Waals surface area contributed by atoms with E-state index in [4.69, 9.17) is 0 Å². The van der Waals surface area contributed by atoms with Crippen molar-refractivity contribution in [3.8, 4) is 0 Å². The molecule has 0 aliphatic rings. The molecule has 0 amide bonds. The predicted octanol–water partition coefficient (Wildman–Crippen LogP) is -0.611. The molecule has 0 unspecified atom stereocenters. The highest BCUT2D eigenvalue weighted by atomic mass is 32.2. The van der Waals surface area contributed by atoms with Crippen LogP contribution in [0, 0.1) is 5.92 Å². The Kier molecular flexibility index (Phi) is 2.79. The first-order valence-corrected chi connectivity index (χ1v) is 4.06. The third kappa shape index (κ3) is 4.28. The van der Waals surface area contributed by atoms with Gasteiger partial charge in [0, 0.05) is 0 Å². The molecule has 0 bridgehead atoms. The molecule has 0 rings (SSSR count). The van der Waals surface area contributed by atoms with E-state index in [0.717, 1.165) is 0 Å². The lowest BCUT2D eigenvalue weighted by Crippen LogP contribution is -2.23. The Balaban J connectivity index is 4.07. The van der Waals surface area contributed by atoms with Gasteiger partial charge in [-0.1, -0.05) is 13.8 Å². The van der Waals surface area contributed by atoms with Crippen LogP contribution < -0.4 is 5.14 Å². The summed E-state index contributed by atoms with van der Waals surface area (Å²) < 4.78 is 24.0. The van der Waals surface area contributed by atoms with Crippen molar-refractivity contribution in [2.24, 2.45) is 11.1 Å². The first-order valence-electron chi connectivity index (χ1n) is 2.59. The number of hydrogen-bond acceptors (Lipinski definition) is 4. The molecule has 2 N–H and O–H groups in total. The Bertz CT molecular complexity index is 217. The quantitative estimate of drug-likeness (QED) is 0.594. The number of nitrogens with two attached hydrogens (primary N) is 1. The van der Waals surface area contributed by atoms with Crippen molar-refractivity contribution in [2.75, 3.05) is 0 Å². The summed E-state index contributed by atoms with van der Waals surface area (Å²) in [5, 5.41) is 4.40. The van der Waals surface area contributed by atoms with Crippen LogP contribution in [0.15, 0.2) is 0 Å². The molecule has 0 heterocycles. The zero-order valence-electron chi connectivity index (χ0n) is 5.70. The van der Waals surface area contributed by atoms with Crippen molar-refractivity contribution in [1.82, 2.24) is 0 Å². The highest BCUT2D eigenvalue weighted by Crippen LogP contribution is 1.97. The molecule has 0 aromatic carbocycles. The smallest absolute Gasteiger partial charge is 0.334 e. The molecular formula is C4H9NO4S. The molecule has 5 nitrogen and oxygen atoms in total. The van der Waals surface area contributed by atoms with E-state index in [1.165, 1.54) is 13.8 Å². The average molecular weight is 167 g/mol. The molecule has 0 fully saturated rings. The maximum absolute atomic E-state index is 10.5. The van der Waals surface area contributed by atoms with Crippen molar-refractivity contribution in [1.29, 1.82) is 0 Å². The molecule has 0 spiro atoms. The lowest BCUT2D eigenvalue weighted by atomic mass is 10.2. The van der Waals surface area contributed by atoms with Gasteiger partial charge in [-0.15, -0.1) is 0 Å². The van der Waals surface area contributed by atoms with Crippen molar-refractivity contribution < 1.29 is 17.4 Å². The van der Waals surface area contributed by atoms with Gasteiger partial charge < -0.3 is 4.18 Å². The minimum Gasteiger partial charge on any atom is -0.334 e. The normalized spacial score (nSPS) is 11.6. The second kappa shape index (κ2) is 2.98. The fourth-order valence-corrected chi connectivity index (χ4v) is 0.632. The summed E-state index contributed by atoms with van der Waals surface area (Å²) in [7, 11) is -4.12. The van der Waals surface area contributed by atoms with E-state index in [2.05, 4.69) is 9.32 Å². The van der Waals surface area contributed by atoms with Crippen LogP contribution in [0.4, 0.5) is 0 Å². The molecule has 0 radical (unpaired) electrons. The van der Waals surface area contributed by atoms with E-state index in [1.807, 2.05) is 0 Å². The Morgan fingerprint density at radius 2 is 1.90 bits per heavy atom. The zero-order valence-corrected chi connectivity index (χ0v) is 6.51. The largest absolute Gasteiger partial charge is 0.382 e. The van der Waals surface area contributed by atoms with Gasteiger partial charge in [0.05, 0.1) is 5.92 Å². The van der Waals surface area contributed by atoms with Gasteiger partial charge in [0.25, 0.3) is 0 Å². The number of carbonyl (C=O) groups is 1. The van der Waals surface area contributed by atoms with Crippen LogP contribution >= 0.6 is 0 Å². The first kappa shape index (κ1) is 9.38. The van der Waals surface area contributed by atoms with Gasteiger partial charge in [0.2, 0.25) is 0 Å². The molecule has 0 saturated heterocycles. The van der Waals surface area contributed by atoms with Crippen LogP contribution in [0.5, 0.6) is 0 Å². The van der Waals surface area contributed by atoms with E-state index in [9.17, 15) is 13.2 Å². The summed E-state index contributed by atoms with van der Waals surface area (Å²) in [5.74, 6) is -1.33. The Hall–Kier alpha value is -0.620. The summed E-state index contributed by atoms with van der Waals surface area (Å²) in [6, 6.07) is 0. The van der Waals surface area contributed by atoms with Crippen LogP contribution in [0.1, 0.15) is 13.8 Å². The van der Waals surface area contributed by atoms with E-state index >= 15 is 0 Å². The van der Waals surface area contributed by atoms with Gasteiger partial charge in [0.1, 0.15) is 0 Å². The second-order valence-corrected chi connectivity index (χ2v) is 3.20. The molecule has 0 aliphatic heterocycles. The fourth-order valence-electron chi connectivity index (χ4n) is 0.211. The summed E-state index contributed by atoms with van der Waals surface area (Å²) >= 11 is 0. The van der Waals surface area contributed by atoms with E-state index in [0.29, 0.717) is 0 Å². The molecule has 0 aromatic rings. The number of rotatable bonds is 2. The third-order valence-corrected chi connectivity index (χ3v) is 1.07. The molecule has 0 aliphatic carbocycles. The number of hydrogen-bond donors (Lipinski definition) is 1. The SMILES string of the molecule is CC(C)C(=O)OS(N)(=O)=O. The van der Waals surface area contributed by atoms with Crippen LogP contribution in [-0.4, -0.2) is 14.4 Å². The van der Waals surface area contributed by atoms with Gasteiger partial charge in [-0.3, -0.25) is 4.79 Å². The van der Waals surface area contributed by atoms with E-state index in [1.54, 1.807) is 0 Å². The molecule has 0 saturated carbocycles. The maximum atomic E-state index is 10.5. The summed E-state index contributed by atoms with van der Waals surface area (Å²) in [6.45, 7) is 3.01. The van der Waals surface area contributed by atoms with Gasteiger partial charge in [-0.25, -0.2) is 0 Å². The fraction of sp³-hybridized carbons (Fsp3) is 0.750. The van der Waals surface area contributed by atoms with Crippen molar-refractivity contribution >= 4 is 16.3 Å². The van der Waals surface area contributed by atoms with Crippen molar-refractivity contribution in [3.63, 3.8) is 0 Å². The maximum Gasteiger partial charge on any atom is 0.382 e. The molecule has 60 valence electrons. The molecule has 0 aromatic heterocycles. The molecular weight excluding hydrogens is 158 g/mol. The van der Waals surface area contributed by atoms with Crippen LogP contribution in [0.25, 0.3) is 0 Å². The highest BCUT2D eigenvalue weighted by Gasteiger charge is 2.14. The molecule has 10 heavy (non-hydrogen) atoms. The highest BCUT2D eigenvalue weighted by molar-refractivity contribution is 7.84. The first-order chi connectivity index (χ1) is 4.33. The van der Waals surface area contributed by atoms with Gasteiger partial charge in [-0.05, 0) is 0 Å².